The van der Waals surface area contributed by atoms with Gasteiger partial charge in [-0.05, 0) is 57.3 Å². The van der Waals surface area contributed by atoms with E-state index in [0.717, 1.165) is 32.1 Å². The Hall–Kier alpha value is -0.880. The lowest BCUT2D eigenvalue weighted by Gasteiger charge is -2.60. The molecule has 0 aliphatic heterocycles. The van der Waals surface area contributed by atoms with Gasteiger partial charge in [0.15, 0.2) is 0 Å². The maximum absolute atomic E-state index is 12.2. The van der Waals surface area contributed by atoms with Crippen molar-refractivity contribution in [3.63, 3.8) is 0 Å². The molecule has 2 unspecified atom stereocenters. The van der Waals surface area contributed by atoms with E-state index in [9.17, 15) is 13.2 Å². The summed E-state index contributed by atoms with van der Waals surface area (Å²) in [5.74, 6) is 0.429. The van der Waals surface area contributed by atoms with Crippen LogP contribution in [0, 0.1) is 11.8 Å². The van der Waals surface area contributed by atoms with E-state index < -0.39 is 21.3 Å². The van der Waals surface area contributed by atoms with Crippen molar-refractivity contribution in [2.75, 3.05) is 5.75 Å². The molecule has 4 saturated carbocycles. The molecular weight excluding hydrogens is 340 g/mol. The Kier molecular flexibility index (Phi) is 6.04. The lowest BCUT2D eigenvalue weighted by Crippen LogP contribution is -2.61. The first kappa shape index (κ1) is 20.4. The maximum Gasteiger partial charge on any atom is 0.333 e. The second kappa shape index (κ2) is 7.39. The van der Waals surface area contributed by atoms with Gasteiger partial charge in [0.25, 0.3) is 10.1 Å². The minimum absolute atomic E-state index is 0.0443. The minimum Gasteiger partial charge on any atom is -0.456 e. The van der Waals surface area contributed by atoms with Gasteiger partial charge >= 0.3 is 5.97 Å². The molecule has 0 spiro atoms. The number of carbonyl (C=O) groups excluding carboxylic acids is 1. The molecule has 144 valence electrons. The fraction of sp³-hybridized carbons (Fsp3) is 0.842. The summed E-state index contributed by atoms with van der Waals surface area (Å²) in [5, 5.41) is 0. The molecule has 0 aromatic rings. The fourth-order valence-electron chi connectivity index (χ4n) is 5.16. The third-order valence-corrected chi connectivity index (χ3v) is 6.89. The Morgan fingerprint density at radius 1 is 1.12 bits per heavy atom. The number of ether oxygens (including phenoxy) is 1. The summed E-state index contributed by atoms with van der Waals surface area (Å²) in [5.41, 5.74) is -0.857. The molecule has 6 heteroatoms. The van der Waals surface area contributed by atoms with Crippen molar-refractivity contribution < 1.29 is 22.1 Å². The van der Waals surface area contributed by atoms with Crippen LogP contribution in [0.5, 0.6) is 0 Å². The average molecular weight is 373 g/mol. The van der Waals surface area contributed by atoms with E-state index in [1.54, 1.807) is 6.92 Å². The van der Waals surface area contributed by atoms with Crippen LogP contribution in [-0.4, -0.2) is 31.3 Å². The molecule has 0 saturated heterocycles. The van der Waals surface area contributed by atoms with Crippen LogP contribution in [0.25, 0.3) is 0 Å². The Bertz CT molecular complexity index is 608. The van der Waals surface area contributed by atoms with Crippen molar-refractivity contribution in [3.05, 3.63) is 12.2 Å². The predicted octanol–water partition coefficient (Wildman–Crippen LogP) is 3.98. The Morgan fingerprint density at radius 3 is 2.12 bits per heavy atom. The van der Waals surface area contributed by atoms with E-state index in [4.69, 9.17) is 8.92 Å². The van der Waals surface area contributed by atoms with E-state index in [-0.39, 0.29) is 11.7 Å². The molecule has 5 nitrogen and oxygen atoms in total. The lowest BCUT2D eigenvalue weighted by atomic mass is 9.52. The summed E-state index contributed by atoms with van der Waals surface area (Å²) in [7, 11) is -3.52. The zero-order chi connectivity index (χ0) is 18.9. The molecule has 0 N–H and O–H groups in total. The van der Waals surface area contributed by atoms with E-state index in [1.165, 1.54) is 0 Å². The molecule has 0 aromatic heterocycles. The first-order valence-electron chi connectivity index (χ1n) is 9.49. The summed E-state index contributed by atoms with van der Waals surface area (Å²) in [6.07, 6.45) is 5.29. The van der Waals surface area contributed by atoms with E-state index in [0.29, 0.717) is 30.3 Å². The Balaban J connectivity index is 0.00000109. The van der Waals surface area contributed by atoms with Crippen molar-refractivity contribution >= 4 is 16.1 Å². The van der Waals surface area contributed by atoms with Crippen LogP contribution in [0.2, 0.25) is 0 Å². The molecule has 4 bridgehead atoms. The van der Waals surface area contributed by atoms with Crippen LogP contribution >= 0.6 is 0 Å². The minimum atomic E-state index is -3.52. The summed E-state index contributed by atoms with van der Waals surface area (Å²) < 4.78 is 35.9. The SMILES string of the molecule is C=C(C)C(=O)OC12CC3CC(C1)CC(OS(=O)(=O)CCC)(C3)C2.CC. The molecule has 25 heavy (non-hydrogen) atoms. The topological polar surface area (TPSA) is 69.7 Å². The summed E-state index contributed by atoms with van der Waals surface area (Å²) in [4.78, 5) is 12.0. The molecule has 0 aromatic carbocycles. The standard InChI is InChI=1S/C17H26O5S.C2H6/c1-4-5-23(19,20)22-17-9-13-6-14(10-17)8-16(7-13,11-17)21-15(18)12(2)3;1-2/h13-14H,2,4-11H2,1,3H3;1-2H3. The molecule has 4 fully saturated rings. The molecule has 2 atom stereocenters. The first-order valence-corrected chi connectivity index (χ1v) is 11.1. The van der Waals surface area contributed by atoms with Gasteiger partial charge in [-0.15, -0.1) is 0 Å². The van der Waals surface area contributed by atoms with Gasteiger partial charge in [-0.2, -0.15) is 8.42 Å². The molecule has 0 heterocycles. The monoisotopic (exact) mass is 372 g/mol. The molecule has 4 aliphatic carbocycles. The quantitative estimate of drug-likeness (QED) is 0.401. The molecule has 4 rings (SSSR count). The van der Waals surface area contributed by atoms with Crippen LogP contribution in [0.15, 0.2) is 12.2 Å². The van der Waals surface area contributed by atoms with E-state index in [2.05, 4.69) is 6.58 Å². The second-order valence-electron chi connectivity index (χ2n) is 7.84. The van der Waals surface area contributed by atoms with Crippen LogP contribution in [0.1, 0.15) is 72.6 Å². The number of rotatable bonds is 6. The van der Waals surface area contributed by atoms with Crippen LogP contribution in [-0.2, 0) is 23.8 Å². The molecule has 0 amide bonds. The third-order valence-electron chi connectivity index (χ3n) is 5.37. The smallest absolute Gasteiger partial charge is 0.333 e. The van der Waals surface area contributed by atoms with Crippen LogP contribution in [0.3, 0.4) is 0 Å². The zero-order valence-corrected chi connectivity index (χ0v) is 16.8. The molecule has 0 radical (unpaired) electrons. The van der Waals surface area contributed by atoms with Crippen LogP contribution in [0.4, 0.5) is 0 Å². The summed E-state index contributed by atoms with van der Waals surface area (Å²) in [6, 6.07) is 0. The van der Waals surface area contributed by atoms with Crippen molar-refractivity contribution in [2.45, 2.75) is 83.8 Å². The summed E-state index contributed by atoms with van der Waals surface area (Å²) in [6.45, 7) is 11.1. The number of hydrogen-bond acceptors (Lipinski definition) is 5. The van der Waals surface area contributed by atoms with Gasteiger partial charge in [-0.3, -0.25) is 4.18 Å². The zero-order valence-electron chi connectivity index (χ0n) is 16.0. The normalized spacial score (nSPS) is 35.7. The highest BCUT2D eigenvalue weighted by Gasteiger charge is 2.61. The van der Waals surface area contributed by atoms with Crippen molar-refractivity contribution in [3.8, 4) is 0 Å². The predicted molar refractivity (Wildman–Crippen MR) is 97.6 cm³/mol. The first-order chi connectivity index (χ1) is 11.7. The average Bonchev–Trinajstić information content (AvgIpc) is 2.45. The van der Waals surface area contributed by atoms with Gasteiger partial charge < -0.3 is 4.74 Å². The second-order valence-corrected chi connectivity index (χ2v) is 9.53. The van der Waals surface area contributed by atoms with Gasteiger partial charge in [0, 0.05) is 12.0 Å². The van der Waals surface area contributed by atoms with Crippen molar-refractivity contribution in [2.24, 2.45) is 11.8 Å². The van der Waals surface area contributed by atoms with Crippen molar-refractivity contribution in [1.29, 1.82) is 0 Å². The van der Waals surface area contributed by atoms with Crippen molar-refractivity contribution in [1.82, 2.24) is 0 Å². The Morgan fingerprint density at radius 2 is 1.64 bits per heavy atom. The maximum atomic E-state index is 12.2. The third kappa shape index (κ3) is 4.45. The Labute approximate surface area is 152 Å². The number of hydrogen-bond donors (Lipinski definition) is 0. The highest BCUT2D eigenvalue weighted by Crippen LogP contribution is 2.60. The molecule has 4 aliphatic rings. The summed E-state index contributed by atoms with van der Waals surface area (Å²) >= 11 is 0. The number of carbonyl (C=O) groups is 1. The van der Waals surface area contributed by atoms with Gasteiger partial charge in [0.1, 0.15) is 5.60 Å². The van der Waals surface area contributed by atoms with E-state index >= 15 is 0 Å². The van der Waals surface area contributed by atoms with Gasteiger partial charge in [-0.1, -0.05) is 27.4 Å². The largest absolute Gasteiger partial charge is 0.456 e. The lowest BCUT2D eigenvalue weighted by molar-refractivity contribution is -0.209. The van der Waals surface area contributed by atoms with Crippen LogP contribution < -0.4 is 0 Å². The van der Waals surface area contributed by atoms with E-state index in [1.807, 2.05) is 20.8 Å². The van der Waals surface area contributed by atoms with Gasteiger partial charge in [-0.25, -0.2) is 4.79 Å². The fourth-order valence-corrected chi connectivity index (χ4v) is 6.47. The highest BCUT2D eigenvalue weighted by atomic mass is 32.2. The highest BCUT2D eigenvalue weighted by molar-refractivity contribution is 7.86. The number of esters is 1. The van der Waals surface area contributed by atoms with Gasteiger partial charge in [0.2, 0.25) is 0 Å². The molecular formula is C19H32O5S. The van der Waals surface area contributed by atoms with Gasteiger partial charge in [0.05, 0.1) is 11.4 Å².